The van der Waals surface area contributed by atoms with E-state index >= 15 is 0 Å². The molecule has 1 fully saturated rings. The number of hydrogen-bond acceptors (Lipinski definition) is 7. The van der Waals surface area contributed by atoms with E-state index in [9.17, 15) is 23.5 Å². The number of likely N-dealkylation sites (tertiary alicyclic amines) is 1. The molecule has 1 atom stereocenters. The van der Waals surface area contributed by atoms with Gasteiger partial charge in [-0.1, -0.05) is 6.92 Å². The molecule has 1 aliphatic heterocycles. The predicted molar refractivity (Wildman–Crippen MR) is 137 cm³/mol. The molecule has 1 saturated heterocycles. The van der Waals surface area contributed by atoms with E-state index in [1.807, 2.05) is 27.7 Å². The van der Waals surface area contributed by atoms with Crippen molar-refractivity contribution in [2.45, 2.75) is 84.4 Å². The molecule has 1 unspecified atom stereocenters. The molecule has 0 saturated carbocycles. The van der Waals surface area contributed by atoms with Crippen LogP contribution < -0.4 is 10.6 Å². The number of pyridine rings is 1. The maximum absolute atomic E-state index is 14.2. The summed E-state index contributed by atoms with van der Waals surface area (Å²) in [5.41, 5.74) is -1.77. The first kappa shape index (κ1) is 27.9. The summed E-state index contributed by atoms with van der Waals surface area (Å²) in [7, 11) is 0. The van der Waals surface area contributed by atoms with E-state index in [2.05, 4.69) is 20.6 Å². The fraction of sp³-hybridized carbons (Fsp3) is 0.600. The first-order chi connectivity index (χ1) is 16.7. The summed E-state index contributed by atoms with van der Waals surface area (Å²) < 4.78 is 28.5. The van der Waals surface area contributed by atoms with E-state index in [0.29, 0.717) is 12.4 Å². The van der Waals surface area contributed by atoms with Crippen molar-refractivity contribution in [1.29, 1.82) is 0 Å². The van der Waals surface area contributed by atoms with Gasteiger partial charge in [-0.3, -0.25) is 9.59 Å². The van der Waals surface area contributed by atoms with Gasteiger partial charge in [-0.15, -0.1) is 11.3 Å². The number of thiazole rings is 1. The Balaban J connectivity index is 2.08. The number of nitrogens with zero attached hydrogens (tertiary/aromatic N) is 3. The number of hydrogen-bond donors (Lipinski definition) is 3. The third kappa shape index (κ3) is 6.56. The van der Waals surface area contributed by atoms with Gasteiger partial charge in [0.15, 0.2) is 5.01 Å². The molecule has 0 aliphatic carbocycles. The van der Waals surface area contributed by atoms with E-state index < -0.39 is 23.8 Å². The van der Waals surface area contributed by atoms with E-state index in [1.54, 1.807) is 18.7 Å². The Kier molecular flexibility index (Phi) is 8.34. The summed E-state index contributed by atoms with van der Waals surface area (Å²) in [6, 6.07) is 1.27. The predicted octanol–water partition coefficient (Wildman–Crippen LogP) is 4.87. The molecule has 11 heteroatoms. The van der Waals surface area contributed by atoms with Crippen molar-refractivity contribution in [3.63, 3.8) is 0 Å². The zero-order valence-electron chi connectivity index (χ0n) is 21.6. The van der Waals surface area contributed by atoms with Crippen LogP contribution in [0.2, 0.25) is 0 Å². The lowest BCUT2D eigenvalue weighted by atomic mass is 10.0. The van der Waals surface area contributed by atoms with E-state index in [0.717, 1.165) is 30.6 Å². The fourth-order valence-electron chi connectivity index (χ4n) is 3.83. The van der Waals surface area contributed by atoms with Crippen molar-refractivity contribution >= 4 is 29.0 Å². The number of aliphatic hydroxyl groups is 1. The third-order valence-electron chi connectivity index (χ3n) is 6.29. The monoisotopic (exact) mass is 523 g/mol. The molecule has 2 aromatic heterocycles. The summed E-state index contributed by atoms with van der Waals surface area (Å²) >= 11 is 0.869. The molecule has 0 bridgehead atoms. The topological polar surface area (TPSA) is 107 Å². The lowest BCUT2D eigenvalue weighted by Crippen LogP contribution is -2.38. The number of rotatable bonds is 9. The smallest absolute Gasteiger partial charge is 0.280 e. The number of nitrogens with one attached hydrogen (secondary N) is 2. The Morgan fingerprint density at radius 3 is 2.56 bits per heavy atom. The number of anilines is 1. The van der Waals surface area contributed by atoms with Gasteiger partial charge in [0.1, 0.15) is 11.5 Å². The fourth-order valence-corrected chi connectivity index (χ4v) is 4.84. The molecule has 0 spiro atoms. The molecule has 3 rings (SSSR count). The minimum atomic E-state index is -2.84. The van der Waals surface area contributed by atoms with Gasteiger partial charge in [-0.25, -0.2) is 18.7 Å². The second-order valence-corrected chi connectivity index (χ2v) is 11.5. The number of aromatic nitrogens is 2. The average Bonchev–Trinajstić information content (AvgIpc) is 3.43. The Morgan fingerprint density at radius 1 is 1.31 bits per heavy atom. The van der Waals surface area contributed by atoms with E-state index in [-0.39, 0.29) is 44.8 Å². The molecule has 3 heterocycles. The minimum absolute atomic E-state index is 0.0185. The highest BCUT2D eigenvalue weighted by Gasteiger charge is 2.33. The molecule has 0 aromatic carbocycles. The maximum atomic E-state index is 14.2. The average molecular weight is 524 g/mol. The summed E-state index contributed by atoms with van der Waals surface area (Å²) in [5.74, 6) is -0.691. The lowest BCUT2D eigenvalue weighted by Gasteiger charge is -2.25. The number of amides is 2. The van der Waals surface area contributed by atoms with Gasteiger partial charge in [0.05, 0.1) is 10.5 Å². The van der Waals surface area contributed by atoms with Crippen LogP contribution in [0.3, 0.4) is 0 Å². The zero-order valence-corrected chi connectivity index (χ0v) is 22.4. The molecule has 2 amide bonds. The van der Waals surface area contributed by atoms with Gasteiger partial charge < -0.3 is 20.6 Å². The van der Waals surface area contributed by atoms with Gasteiger partial charge in [-0.2, -0.15) is 0 Å². The van der Waals surface area contributed by atoms with Crippen LogP contribution in [0.1, 0.15) is 93.1 Å². The lowest BCUT2D eigenvalue weighted by molar-refractivity contribution is 0.0692. The molecule has 0 radical (unpaired) electrons. The molecular weight excluding hydrogens is 488 g/mol. The van der Waals surface area contributed by atoms with Crippen LogP contribution in [-0.4, -0.2) is 62.1 Å². The van der Waals surface area contributed by atoms with Gasteiger partial charge in [0.25, 0.3) is 18.2 Å². The molecular formula is C25H35F2N5O3S. The van der Waals surface area contributed by atoms with Gasteiger partial charge in [0.2, 0.25) is 0 Å². The van der Waals surface area contributed by atoms with Gasteiger partial charge >= 0.3 is 0 Å². The van der Waals surface area contributed by atoms with Crippen molar-refractivity contribution < 1.29 is 23.5 Å². The highest BCUT2D eigenvalue weighted by molar-refractivity contribution is 7.17. The second-order valence-electron chi connectivity index (χ2n) is 10.5. The first-order valence-electron chi connectivity index (χ1n) is 12.1. The van der Waals surface area contributed by atoms with Crippen LogP contribution in [0.15, 0.2) is 12.3 Å². The Bertz CT molecular complexity index is 1110. The summed E-state index contributed by atoms with van der Waals surface area (Å²) in [4.78, 5) is 36.7. The SMILES string of the molecule is CCC(C)(C)Nc1cc(C(F)F)c(-c2sc(C(=O)NCC(C)(C)O)nc2C(=O)N2CCCC2C)cn1. The number of carbonyl (C=O) groups is 2. The summed E-state index contributed by atoms with van der Waals surface area (Å²) in [6.07, 6.45) is 0.901. The second kappa shape index (κ2) is 10.8. The third-order valence-corrected chi connectivity index (χ3v) is 7.37. The van der Waals surface area contributed by atoms with Gasteiger partial charge in [-0.05, 0) is 59.9 Å². The highest BCUT2D eigenvalue weighted by Crippen LogP contribution is 2.39. The first-order valence-corrected chi connectivity index (χ1v) is 12.9. The normalized spacial score (nSPS) is 16.5. The van der Waals surface area contributed by atoms with Crippen LogP contribution in [0.4, 0.5) is 14.6 Å². The van der Waals surface area contributed by atoms with Crippen molar-refractivity contribution in [3.8, 4) is 10.4 Å². The Morgan fingerprint density at radius 2 is 2.00 bits per heavy atom. The zero-order chi connectivity index (χ0) is 26.8. The Hall–Kier alpha value is -2.66. The molecule has 36 heavy (non-hydrogen) atoms. The van der Waals surface area contributed by atoms with Crippen molar-refractivity contribution in [3.05, 3.63) is 28.5 Å². The summed E-state index contributed by atoms with van der Waals surface area (Å²) in [5, 5.41) is 15.7. The van der Waals surface area contributed by atoms with Crippen molar-refractivity contribution in [2.75, 3.05) is 18.4 Å². The van der Waals surface area contributed by atoms with Crippen LogP contribution in [0.5, 0.6) is 0 Å². The summed E-state index contributed by atoms with van der Waals surface area (Å²) in [6.45, 7) is 11.4. The van der Waals surface area contributed by atoms with E-state index in [1.165, 1.54) is 12.3 Å². The number of carbonyl (C=O) groups excluding carboxylic acids is 2. The Labute approximate surface area is 214 Å². The quantitative estimate of drug-likeness (QED) is 0.433. The van der Waals surface area contributed by atoms with Gasteiger partial charge in [0, 0.05) is 42.0 Å². The molecule has 8 nitrogen and oxygen atoms in total. The number of alkyl halides is 2. The van der Waals surface area contributed by atoms with Crippen molar-refractivity contribution in [1.82, 2.24) is 20.2 Å². The molecule has 3 N–H and O–H groups in total. The number of halogens is 2. The molecule has 198 valence electrons. The van der Waals surface area contributed by atoms with Crippen LogP contribution >= 0.6 is 11.3 Å². The van der Waals surface area contributed by atoms with Crippen LogP contribution in [0.25, 0.3) is 10.4 Å². The van der Waals surface area contributed by atoms with Crippen molar-refractivity contribution in [2.24, 2.45) is 0 Å². The van der Waals surface area contributed by atoms with Crippen LogP contribution in [0, 0.1) is 0 Å². The minimum Gasteiger partial charge on any atom is -0.389 e. The molecule has 1 aliphatic rings. The highest BCUT2D eigenvalue weighted by atomic mass is 32.1. The van der Waals surface area contributed by atoms with Crippen LogP contribution in [-0.2, 0) is 0 Å². The molecule has 2 aromatic rings. The maximum Gasteiger partial charge on any atom is 0.280 e. The largest absolute Gasteiger partial charge is 0.389 e. The van der Waals surface area contributed by atoms with E-state index in [4.69, 9.17) is 0 Å². The standard InChI is InChI=1S/C25H35F2N5O3S/c1-7-24(3,4)31-17-11-15(20(26)27)16(12-28-17)19-18(23(34)32-10-8-9-14(32)2)30-22(36-19)21(33)29-13-25(5,6)35/h11-12,14,20,35H,7-10,13H2,1-6H3,(H,28,31)(H,29,33).